The Bertz CT molecular complexity index is 539. The number of rotatable bonds is 26. The van der Waals surface area contributed by atoms with Crippen LogP contribution in [0.3, 0.4) is 0 Å². The molecule has 4 nitrogen and oxygen atoms in total. The molecule has 0 aliphatic heterocycles. The number of hydrogen-bond acceptors (Lipinski definition) is 5. The van der Waals surface area contributed by atoms with Gasteiger partial charge in [0.05, 0.1) is 36.2 Å². The Kier molecular flexibility index (Phi) is 21.8. The van der Waals surface area contributed by atoms with E-state index in [1.54, 1.807) is 0 Å². The van der Waals surface area contributed by atoms with Gasteiger partial charge in [0.25, 0.3) is 0 Å². The molecule has 0 spiro atoms. The molecule has 1 aromatic rings. The molecule has 35 heavy (non-hydrogen) atoms. The van der Waals surface area contributed by atoms with Crippen LogP contribution in [0.15, 0.2) is 0 Å². The van der Waals surface area contributed by atoms with Crippen LogP contribution in [-0.4, -0.2) is 23.4 Å². The lowest BCUT2D eigenvalue weighted by molar-refractivity contribution is 0.236. The van der Waals surface area contributed by atoms with E-state index in [1.807, 2.05) is 0 Å². The second-order valence-electron chi connectivity index (χ2n) is 9.98. The fraction of sp³-hybridized carbons (Fsp3) is 0.867. The van der Waals surface area contributed by atoms with Gasteiger partial charge >= 0.3 is 0 Å². The highest BCUT2D eigenvalue weighted by molar-refractivity contribution is 7.12. The molecule has 0 aliphatic carbocycles. The lowest BCUT2D eigenvalue weighted by atomic mass is 10.1. The zero-order valence-electron chi connectivity index (χ0n) is 23.1. The van der Waals surface area contributed by atoms with Gasteiger partial charge in [0.15, 0.2) is 11.5 Å². The molecule has 0 unspecified atom stereocenters. The van der Waals surface area contributed by atoms with Crippen LogP contribution in [0.4, 0.5) is 0 Å². The third kappa shape index (κ3) is 15.8. The molecule has 5 heteroatoms. The fourth-order valence-corrected chi connectivity index (χ4v) is 5.44. The fourth-order valence-electron chi connectivity index (χ4n) is 4.52. The standard InChI is InChI=1S/C30H56O4S/c1-3-5-7-9-11-13-15-17-19-21-23-33-29-27(25-31)35-28(26-32)30(29)34-24-22-20-18-16-14-12-10-8-6-4-2/h31-32H,3-26H2,1-2H3. The zero-order chi connectivity index (χ0) is 25.4. The highest BCUT2D eigenvalue weighted by Gasteiger charge is 2.20. The van der Waals surface area contributed by atoms with Gasteiger partial charge < -0.3 is 19.7 Å². The number of thiophene rings is 1. The molecule has 0 amide bonds. The molecule has 1 rings (SSSR count). The number of aliphatic hydroxyl groups excluding tert-OH is 2. The van der Waals surface area contributed by atoms with Crippen LogP contribution in [0.1, 0.15) is 152 Å². The summed E-state index contributed by atoms with van der Waals surface area (Å²) in [6.45, 7) is 5.65. The first-order chi connectivity index (χ1) is 17.3. The summed E-state index contributed by atoms with van der Waals surface area (Å²) >= 11 is 1.40. The van der Waals surface area contributed by atoms with Crippen LogP contribution < -0.4 is 9.47 Å². The first-order valence-corrected chi connectivity index (χ1v) is 15.7. The van der Waals surface area contributed by atoms with Gasteiger partial charge in [-0.15, -0.1) is 11.3 Å². The molecule has 0 radical (unpaired) electrons. The Hall–Kier alpha value is -0.780. The lowest BCUT2D eigenvalue weighted by Crippen LogP contribution is -2.03. The summed E-state index contributed by atoms with van der Waals surface area (Å²) in [6, 6.07) is 0. The third-order valence-electron chi connectivity index (χ3n) is 6.73. The monoisotopic (exact) mass is 512 g/mol. The Labute approximate surface area is 220 Å². The Morgan fingerprint density at radius 2 is 0.743 bits per heavy atom. The molecule has 0 fully saturated rings. The number of hydrogen-bond donors (Lipinski definition) is 2. The highest BCUT2D eigenvalue weighted by Crippen LogP contribution is 2.42. The smallest absolute Gasteiger partial charge is 0.177 e. The highest BCUT2D eigenvalue weighted by atomic mass is 32.1. The minimum absolute atomic E-state index is 0.0767. The van der Waals surface area contributed by atoms with Crippen molar-refractivity contribution in [2.45, 2.75) is 155 Å². The van der Waals surface area contributed by atoms with Crippen LogP contribution >= 0.6 is 11.3 Å². The minimum Gasteiger partial charge on any atom is -0.488 e. The summed E-state index contributed by atoms with van der Waals surface area (Å²) < 4.78 is 12.2. The Morgan fingerprint density at radius 3 is 1.03 bits per heavy atom. The van der Waals surface area contributed by atoms with E-state index in [2.05, 4.69) is 13.8 Å². The van der Waals surface area contributed by atoms with Crippen molar-refractivity contribution in [1.29, 1.82) is 0 Å². The molecule has 206 valence electrons. The first kappa shape index (κ1) is 32.2. The van der Waals surface area contributed by atoms with Crippen molar-refractivity contribution in [3.05, 3.63) is 9.75 Å². The first-order valence-electron chi connectivity index (χ1n) is 14.9. The summed E-state index contributed by atoms with van der Waals surface area (Å²) in [5.41, 5.74) is 0. The molecule has 0 atom stereocenters. The summed E-state index contributed by atoms with van der Waals surface area (Å²) in [4.78, 5) is 1.53. The summed E-state index contributed by atoms with van der Waals surface area (Å²) in [5.74, 6) is 1.31. The van der Waals surface area contributed by atoms with E-state index < -0.39 is 0 Å². The van der Waals surface area contributed by atoms with Crippen molar-refractivity contribution in [2.75, 3.05) is 13.2 Å². The Morgan fingerprint density at radius 1 is 0.457 bits per heavy atom. The van der Waals surface area contributed by atoms with E-state index in [-0.39, 0.29) is 13.2 Å². The van der Waals surface area contributed by atoms with Gasteiger partial charge in [-0.05, 0) is 12.8 Å². The van der Waals surface area contributed by atoms with Gasteiger partial charge in [0.1, 0.15) is 0 Å². The van der Waals surface area contributed by atoms with Gasteiger partial charge in [0.2, 0.25) is 0 Å². The van der Waals surface area contributed by atoms with Crippen molar-refractivity contribution in [2.24, 2.45) is 0 Å². The maximum atomic E-state index is 9.78. The lowest BCUT2D eigenvalue weighted by Gasteiger charge is -2.12. The van der Waals surface area contributed by atoms with E-state index >= 15 is 0 Å². The second-order valence-corrected chi connectivity index (χ2v) is 11.2. The normalized spacial score (nSPS) is 11.3. The second kappa shape index (κ2) is 23.6. The van der Waals surface area contributed by atoms with E-state index in [1.165, 1.54) is 127 Å². The minimum atomic E-state index is -0.0767. The van der Waals surface area contributed by atoms with Gasteiger partial charge in [-0.25, -0.2) is 0 Å². The molecule has 0 aromatic carbocycles. The molecule has 0 saturated carbocycles. The summed E-state index contributed by atoms with van der Waals surface area (Å²) in [7, 11) is 0. The average molecular weight is 513 g/mol. The molecular weight excluding hydrogens is 456 g/mol. The summed E-state index contributed by atoms with van der Waals surface area (Å²) in [6.07, 6.45) is 25.9. The quantitative estimate of drug-likeness (QED) is 0.121. The van der Waals surface area contributed by atoms with Gasteiger partial charge in [-0.2, -0.15) is 0 Å². The predicted octanol–water partition coefficient (Wildman–Crippen LogP) is 9.33. The van der Waals surface area contributed by atoms with Gasteiger partial charge in [-0.3, -0.25) is 0 Å². The maximum Gasteiger partial charge on any atom is 0.177 e. The average Bonchev–Trinajstić information content (AvgIpc) is 3.22. The van der Waals surface area contributed by atoms with Crippen molar-refractivity contribution in [1.82, 2.24) is 0 Å². The van der Waals surface area contributed by atoms with Crippen LogP contribution in [0.25, 0.3) is 0 Å². The third-order valence-corrected chi connectivity index (χ3v) is 7.86. The predicted molar refractivity (Wildman–Crippen MR) is 151 cm³/mol. The molecule has 0 aliphatic rings. The molecule has 1 heterocycles. The van der Waals surface area contributed by atoms with Gasteiger partial charge in [-0.1, -0.05) is 129 Å². The van der Waals surface area contributed by atoms with Crippen LogP contribution in [0, 0.1) is 0 Å². The molecule has 0 bridgehead atoms. The van der Waals surface area contributed by atoms with Crippen LogP contribution in [0.5, 0.6) is 11.5 Å². The number of unbranched alkanes of at least 4 members (excludes halogenated alkanes) is 18. The summed E-state index contributed by atoms with van der Waals surface area (Å²) in [5, 5.41) is 19.6. The topological polar surface area (TPSA) is 58.9 Å². The molecule has 1 aromatic heterocycles. The van der Waals surface area contributed by atoms with Crippen LogP contribution in [0.2, 0.25) is 0 Å². The maximum absolute atomic E-state index is 9.78. The number of ether oxygens (including phenoxy) is 2. The SMILES string of the molecule is CCCCCCCCCCCCOc1c(CO)sc(CO)c1OCCCCCCCCCCCC. The van der Waals surface area contributed by atoms with E-state index in [0.717, 1.165) is 22.6 Å². The van der Waals surface area contributed by atoms with E-state index in [9.17, 15) is 10.2 Å². The van der Waals surface area contributed by atoms with Crippen molar-refractivity contribution in [3.8, 4) is 11.5 Å². The van der Waals surface area contributed by atoms with Gasteiger partial charge in [0, 0.05) is 0 Å². The molecule has 0 saturated heterocycles. The largest absolute Gasteiger partial charge is 0.488 e. The molecular formula is C30H56O4S. The Balaban J connectivity index is 2.23. The van der Waals surface area contributed by atoms with Crippen molar-refractivity contribution >= 4 is 11.3 Å². The van der Waals surface area contributed by atoms with Crippen LogP contribution in [-0.2, 0) is 13.2 Å². The number of aliphatic hydroxyl groups is 2. The van der Waals surface area contributed by atoms with Crippen molar-refractivity contribution in [3.63, 3.8) is 0 Å². The van der Waals surface area contributed by atoms with E-state index in [4.69, 9.17) is 9.47 Å². The van der Waals surface area contributed by atoms with E-state index in [0.29, 0.717) is 24.7 Å². The van der Waals surface area contributed by atoms with Crippen molar-refractivity contribution < 1.29 is 19.7 Å². The molecule has 2 N–H and O–H groups in total. The zero-order valence-corrected chi connectivity index (χ0v) is 23.9.